The fourth-order valence-electron chi connectivity index (χ4n) is 5.48. The third kappa shape index (κ3) is 10.8. The molecule has 1 unspecified atom stereocenters. The zero-order valence-electron chi connectivity index (χ0n) is 24.8. The fourth-order valence-corrected chi connectivity index (χ4v) is 5.48. The third-order valence-electron chi connectivity index (χ3n) is 7.74. The first-order valence-corrected chi connectivity index (χ1v) is 15.8. The van der Waals surface area contributed by atoms with Crippen LogP contribution in [0.1, 0.15) is 107 Å². The van der Waals surface area contributed by atoms with Crippen molar-refractivity contribution in [2.45, 2.75) is 102 Å². The Morgan fingerprint density at radius 1 is 0.525 bits per heavy atom. The Morgan fingerprint density at radius 3 is 1.30 bits per heavy atom. The number of hydrogen-bond acceptors (Lipinski definition) is 3. The van der Waals surface area contributed by atoms with Crippen LogP contribution in [0.25, 0.3) is 0 Å². The monoisotopic (exact) mass is 544 g/mol. The molecule has 3 aromatic rings. The highest BCUT2D eigenvalue weighted by molar-refractivity contribution is 5.47. The first-order chi connectivity index (χ1) is 19.8. The van der Waals surface area contributed by atoms with E-state index < -0.39 is 11.7 Å². The number of unbranched alkanes of at least 4 members (excludes halogenated alkanes) is 12. The number of aliphatic hydroxyl groups is 1. The summed E-state index contributed by atoms with van der Waals surface area (Å²) in [6.07, 6.45) is 16.7. The molecule has 0 aliphatic heterocycles. The summed E-state index contributed by atoms with van der Waals surface area (Å²) in [6, 6.07) is 30.8. The lowest BCUT2D eigenvalue weighted by atomic mass is 9.80. The van der Waals surface area contributed by atoms with Crippen molar-refractivity contribution in [3.63, 3.8) is 0 Å². The van der Waals surface area contributed by atoms with Gasteiger partial charge in [0.15, 0.2) is 0 Å². The highest BCUT2D eigenvalue weighted by Gasteiger charge is 2.38. The van der Waals surface area contributed by atoms with Gasteiger partial charge < -0.3 is 14.6 Å². The minimum atomic E-state index is -0.820. The van der Waals surface area contributed by atoms with Crippen LogP contribution in [0, 0.1) is 0 Å². The molecule has 3 nitrogen and oxygen atoms in total. The molecule has 218 valence electrons. The van der Waals surface area contributed by atoms with E-state index in [1.165, 1.54) is 77.0 Å². The van der Waals surface area contributed by atoms with E-state index in [1.807, 2.05) is 54.6 Å². The molecule has 0 amide bonds. The highest BCUT2D eigenvalue weighted by Crippen LogP contribution is 2.40. The molecule has 3 aromatic carbocycles. The molecule has 0 spiro atoms. The van der Waals surface area contributed by atoms with Crippen LogP contribution in [0.5, 0.6) is 0 Å². The first-order valence-electron chi connectivity index (χ1n) is 15.8. The van der Waals surface area contributed by atoms with E-state index in [9.17, 15) is 5.11 Å². The number of rotatable bonds is 22. The lowest BCUT2D eigenvalue weighted by Crippen LogP contribution is -2.36. The summed E-state index contributed by atoms with van der Waals surface area (Å²) < 4.78 is 12.5. The Kier molecular flexibility index (Phi) is 15.7. The maximum absolute atomic E-state index is 10.8. The van der Waals surface area contributed by atoms with Gasteiger partial charge in [0.1, 0.15) is 11.7 Å². The van der Waals surface area contributed by atoms with Crippen molar-refractivity contribution in [2.75, 3.05) is 19.8 Å². The van der Waals surface area contributed by atoms with Crippen LogP contribution >= 0.6 is 0 Å². The normalized spacial score (nSPS) is 12.4. The molecule has 0 radical (unpaired) electrons. The van der Waals surface area contributed by atoms with Crippen molar-refractivity contribution >= 4 is 0 Å². The van der Waals surface area contributed by atoms with E-state index in [4.69, 9.17) is 9.47 Å². The summed E-state index contributed by atoms with van der Waals surface area (Å²) in [5, 5.41) is 10.8. The van der Waals surface area contributed by atoms with E-state index in [-0.39, 0.29) is 13.2 Å². The lowest BCUT2D eigenvalue weighted by Gasteiger charge is -2.36. The average molecular weight is 545 g/mol. The summed E-state index contributed by atoms with van der Waals surface area (Å²) in [6.45, 7) is 3.43. The number of benzene rings is 3. The predicted octanol–water partition coefficient (Wildman–Crippen LogP) is 9.46. The van der Waals surface area contributed by atoms with Crippen LogP contribution in [0.15, 0.2) is 91.0 Å². The molecule has 1 atom stereocenters. The molecule has 40 heavy (non-hydrogen) atoms. The molecule has 0 heterocycles. The summed E-state index contributed by atoms with van der Waals surface area (Å²) in [4.78, 5) is 0. The minimum absolute atomic E-state index is 0.178. The van der Waals surface area contributed by atoms with Crippen LogP contribution in [0.3, 0.4) is 0 Å². The van der Waals surface area contributed by atoms with Crippen molar-refractivity contribution in [2.24, 2.45) is 0 Å². The summed E-state index contributed by atoms with van der Waals surface area (Å²) in [5.74, 6) is 0. The molecule has 0 aromatic heterocycles. The van der Waals surface area contributed by atoms with Gasteiger partial charge >= 0.3 is 0 Å². The largest absolute Gasteiger partial charge is 0.388 e. The summed E-state index contributed by atoms with van der Waals surface area (Å²) in [5.41, 5.74) is 2.28. The van der Waals surface area contributed by atoms with Gasteiger partial charge in [-0.3, -0.25) is 0 Å². The molecule has 1 N–H and O–H groups in total. The van der Waals surface area contributed by atoms with E-state index in [1.54, 1.807) is 0 Å². The zero-order valence-corrected chi connectivity index (χ0v) is 24.8. The second kappa shape index (κ2) is 19.6. The van der Waals surface area contributed by atoms with E-state index in [0.29, 0.717) is 6.61 Å². The van der Waals surface area contributed by atoms with Crippen LogP contribution < -0.4 is 0 Å². The number of hydrogen-bond donors (Lipinski definition) is 1. The van der Waals surface area contributed by atoms with Gasteiger partial charge in [0.05, 0.1) is 13.2 Å². The van der Waals surface area contributed by atoms with Crippen LogP contribution in [0.4, 0.5) is 0 Å². The van der Waals surface area contributed by atoms with Crippen molar-refractivity contribution in [1.29, 1.82) is 0 Å². The van der Waals surface area contributed by atoms with Crippen molar-refractivity contribution in [3.05, 3.63) is 108 Å². The van der Waals surface area contributed by atoms with Gasteiger partial charge in [0.2, 0.25) is 0 Å². The fraction of sp³-hybridized carbons (Fsp3) is 0.514. The molecule has 0 fully saturated rings. The van der Waals surface area contributed by atoms with Crippen molar-refractivity contribution in [3.8, 4) is 0 Å². The standard InChI is InChI=1S/C37H52O3/c1-2-3-4-5-6-7-8-9-10-11-12-13-23-30-39-31-36(38)32-40-37(33-24-17-14-18-25-33,34-26-19-15-20-27-34)35-28-21-16-22-29-35/h14-22,24-29,36,38H,2-13,23,30-32H2,1H3. The quantitative estimate of drug-likeness (QED) is 0.101. The summed E-state index contributed by atoms with van der Waals surface area (Å²) >= 11 is 0. The van der Waals surface area contributed by atoms with Gasteiger partial charge in [-0.2, -0.15) is 0 Å². The Morgan fingerprint density at radius 2 is 0.900 bits per heavy atom. The van der Waals surface area contributed by atoms with Crippen molar-refractivity contribution < 1.29 is 14.6 Å². The SMILES string of the molecule is CCCCCCCCCCCCCCCOCC(O)COC(c1ccccc1)(c1ccccc1)c1ccccc1. The van der Waals surface area contributed by atoms with E-state index in [2.05, 4.69) is 43.3 Å². The Hall–Kier alpha value is -2.46. The summed E-state index contributed by atoms with van der Waals surface area (Å²) in [7, 11) is 0. The second-order valence-electron chi connectivity index (χ2n) is 11.1. The van der Waals surface area contributed by atoms with Gasteiger partial charge in [0.25, 0.3) is 0 Å². The van der Waals surface area contributed by atoms with Gasteiger partial charge in [-0.25, -0.2) is 0 Å². The topological polar surface area (TPSA) is 38.7 Å². The highest BCUT2D eigenvalue weighted by atomic mass is 16.5. The molecule has 0 saturated carbocycles. The predicted molar refractivity (Wildman–Crippen MR) is 168 cm³/mol. The Labute approximate surface area is 244 Å². The minimum Gasteiger partial charge on any atom is -0.388 e. The second-order valence-corrected chi connectivity index (χ2v) is 11.1. The van der Waals surface area contributed by atoms with Crippen LogP contribution in [-0.4, -0.2) is 31.0 Å². The average Bonchev–Trinajstić information content (AvgIpc) is 3.01. The smallest absolute Gasteiger partial charge is 0.143 e. The van der Waals surface area contributed by atoms with Crippen molar-refractivity contribution in [1.82, 2.24) is 0 Å². The number of aliphatic hydroxyl groups excluding tert-OH is 1. The number of ether oxygens (including phenoxy) is 2. The zero-order chi connectivity index (χ0) is 28.1. The van der Waals surface area contributed by atoms with Gasteiger partial charge in [-0.1, -0.05) is 175 Å². The molecule has 0 aliphatic rings. The molecule has 3 heteroatoms. The van der Waals surface area contributed by atoms with Gasteiger partial charge in [-0.05, 0) is 23.1 Å². The maximum atomic E-state index is 10.8. The van der Waals surface area contributed by atoms with Crippen LogP contribution in [0.2, 0.25) is 0 Å². The molecule has 0 bridgehead atoms. The Balaban J connectivity index is 1.39. The van der Waals surface area contributed by atoms with E-state index >= 15 is 0 Å². The van der Waals surface area contributed by atoms with Gasteiger partial charge in [0, 0.05) is 6.61 Å². The third-order valence-corrected chi connectivity index (χ3v) is 7.74. The molecular weight excluding hydrogens is 492 g/mol. The molecule has 0 aliphatic carbocycles. The lowest BCUT2D eigenvalue weighted by molar-refractivity contribution is -0.0641. The first kappa shape index (κ1) is 32.1. The van der Waals surface area contributed by atoms with Gasteiger partial charge in [-0.15, -0.1) is 0 Å². The van der Waals surface area contributed by atoms with Crippen LogP contribution in [-0.2, 0) is 15.1 Å². The molecule has 0 saturated heterocycles. The molecular formula is C37H52O3. The maximum Gasteiger partial charge on any atom is 0.143 e. The van der Waals surface area contributed by atoms with E-state index in [0.717, 1.165) is 23.1 Å². The Bertz CT molecular complexity index is 893. The molecule has 3 rings (SSSR count).